The molecular weight excluding hydrogens is 378 g/mol. The minimum Gasteiger partial charge on any atom is -0.480 e. The van der Waals surface area contributed by atoms with Gasteiger partial charge < -0.3 is 35.6 Å². The number of nitrogens with one attached hydrogen (secondary N) is 3. The molecule has 0 spiro atoms. The molecule has 0 aliphatic heterocycles. The SMILES string of the molecule is CCC(=O)NCCOCCOCC(=O)NC(CCC(=O)NCC(=O)O)C(=O)O. The average Bonchev–Trinajstić information content (AvgIpc) is 2.64. The number of aliphatic carboxylic acids is 2. The zero-order valence-corrected chi connectivity index (χ0v) is 15.7. The van der Waals surface area contributed by atoms with Crippen LogP contribution in [0.25, 0.3) is 0 Å². The third-order valence-electron chi connectivity index (χ3n) is 3.23. The Balaban J connectivity index is 3.90. The molecule has 0 aliphatic carbocycles. The highest BCUT2D eigenvalue weighted by atomic mass is 16.5. The number of carbonyl (C=O) groups excluding carboxylic acids is 3. The van der Waals surface area contributed by atoms with Crippen LogP contribution in [-0.4, -0.2) is 85.4 Å². The molecular formula is C16H27N3O9. The second-order valence-electron chi connectivity index (χ2n) is 5.54. The number of ether oxygens (including phenoxy) is 2. The number of carboxylic acid groups (broad SMARTS) is 2. The molecule has 0 rings (SSSR count). The van der Waals surface area contributed by atoms with Gasteiger partial charge in [0.25, 0.3) is 0 Å². The van der Waals surface area contributed by atoms with Crippen molar-refractivity contribution in [1.29, 1.82) is 0 Å². The van der Waals surface area contributed by atoms with Gasteiger partial charge in [-0.2, -0.15) is 0 Å². The van der Waals surface area contributed by atoms with E-state index in [0.717, 1.165) is 0 Å². The lowest BCUT2D eigenvalue weighted by molar-refractivity contribution is -0.143. The fraction of sp³-hybridized carbons (Fsp3) is 0.688. The zero-order valence-electron chi connectivity index (χ0n) is 15.7. The molecule has 0 radical (unpaired) electrons. The monoisotopic (exact) mass is 405 g/mol. The van der Waals surface area contributed by atoms with Crippen LogP contribution in [0.3, 0.4) is 0 Å². The van der Waals surface area contributed by atoms with E-state index in [-0.39, 0.29) is 38.6 Å². The Bertz CT molecular complexity index is 539. The minimum atomic E-state index is -1.32. The topological polar surface area (TPSA) is 180 Å². The van der Waals surface area contributed by atoms with E-state index < -0.39 is 36.3 Å². The van der Waals surface area contributed by atoms with Crippen molar-refractivity contribution in [1.82, 2.24) is 16.0 Å². The number of amides is 3. The second-order valence-corrected chi connectivity index (χ2v) is 5.54. The fourth-order valence-corrected chi connectivity index (χ4v) is 1.80. The van der Waals surface area contributed by atoms with Gasteiger partial charge in [-0.1, -0.05) is 6.92 Å². The van der Waals surface area contributed by atoms with Gasteiger partial charge in [0.2, 0.25) is 17.7 Å². The summed E-state index contributed by atoms with van der Waals surface area (Å²) >= 11 is 0. The van der Waals surface area contributed by atoms with Crippen LogP contribution in [-0.2, 0) is 33.4 Å². The maximum atomic E-state index is 11.7. The number of hydrogen-bond acceptors (Lipinski definition) is 7. The van der Waals surface area contributed by atoms with E-state index in [4.69, 9.17) is 19.7 Å². The van der Waals surface area contributed by atoms with Crippen LogP contribution in [0.1, 0.15) is 26.2 Å². The minimum absolute atomic E-state index is 0.0797. The first-order valence-electron chi connectivity index (χ1n) is 8.69. The van der Waals surface area contributed by atoms with E-state index in [1.54, 1.807) is 6.92 Å². The number of hydrogen-bond donors (Lipinski definition) is 5. The molecule has 0 aliphatic rings. The summed E-state index contributed by atoms with van der Waals surface area (Å²) in [5.41, 5.74) is 0. The van der Waals surface area contributed by atoms with Gasteiger partial charge >= 0.3 is 11.9 Å². The summed E-state index contributed by atoms with van der Waals surface area (Å²) in [4.78, 5) is 55.5. The van der Waals surface area contributed by atoms with Crippen LogP contribution in [0, 0.1) is 0 Å². The van der Waals surface area contributed by atoms with Crippen molar-refractivity contribution in [3.05, 3.63) is 0 Å². The molecule has 0 bridgehead atoms. The first-order chi connectivity index (χ1) is 13.3. The Morgan fingerprint density at radius 3 is 2.18 bits per heavy atom. The highest BCUT2D eigenvalue weighted by Crippen LogP contribution is 1.98. The van der Waals surface area contributed by atoms with Gasteiger partial charge in [-0.25, -0.2) is 4.79 Å². The predicted octanol–water partition coefficient (Wildman–Crippen LogP) is -1.90. The molecule has 0 heterocycles. The maximum Gasteiger partial charge on any atom is 0.326 e. The average molecular weight is 405 g/mol. The van der Waals surface area contributed by atoms with Gasteiger partial charge in [0.1, 0.15) is 19.2 Å². The van der Waals surface area contributed by atoms with Crippen molar-refractivity contribution in [2.24, 2.45) is 0 Å². The Labute approximate surface area is 161 Å². The van der Waals surface area contributed by atoms with Gasteiger partial charge in [0.05, 0.1) is 19.8 Å². The number of carboxylic acids is 2. The summed E-state index contributed by atoms with van der Waals surface area (Å²) in [5.74, 6) is -3.93. The lowest BCUT2D eigenvalue weighted by Gasteiger charge is -2.14. The molecule has 28 heavy (non-hydrogen) atoms. The predicted molar refractivity (Wildman–Crippen MR) is 94.4 cm³/mol. The Hall–Kier alpha value is -2.73. The normalized spacial score (nSPS) is 11.3. The summed E-state index contributed by atoms with van der Waals surface area (Å²) in [6, 6.07) is -1.30. The zero-order chi connectivity index (χ0) is 21.4. The largest absolute Gasteiger partial charge is 0.480 e. The standard InChI is InChI=1S/C16H27N3O9/c1-2-12(20)17-5-6-27-7-8-28-10-14(22)19-11(16(25)26)3-4-13(21)18-9-15(23)24/h11H,2-10H2,1H3,(H,17,20)(H,18,21)(H,19,22)(H,23,24)(H,25,26). The molecule has 160 valence electrons. The Morgan fingerprint density at radius 2 is 1.57 bits per heavy atom. The van der Waals surface area contributed by atoms with Gasteiger partial charge in [0.15, 0.2) is 0 Å². The van der Waals surface area contributed by atoms with Crippen LogP contribution in [0.2, 0.25) is 0 Å². The summed E-state index contributed by atoms with van der Waals surface area (Å²) in [7, 11) is 0. The Morgan fingerprint density at radius 1 is 0.893 bits per heavy atom. The molecule has 5 N–H and O–H groups in total. The first kappa shape index (κ1) is 25.3. The van der Waals surface area contributed by atoms with E-state index in [0.29, 0.717) is 19.6 Å². The number of rotatable bonds is 16. The van der Waals surface area contributed by atoms with E-state index in [1.807, 2.05) is 0 Å². The van der Waals surface area contributed by atoms with Crippen LogP contribution in [0.4, 0.5) is 0 Å². The fourth-order valence-electron chi connectivity index (χ4n) is 1.80. The van der Waals surface area contributed by atoms with Crippen LogP contribution in [0.5, 0.6) is 0 Å². The molecule has 0 fully saturated rings. The third-order valence-corrected chi connectivity index (χ3v) is 3.23. The van der Waals surface area contributed by atoms with Crippen molar-refractivity contribution in [2.75, 3.05) is 39.5 Å². The van der Waals surface area contributed by atoms with E-state index in [1.165, 1.54) is 0 Å². The molecule has 1 unspecified atom stereocenters. The van der Waals surface area contributed by atoms with Crippen molar-refractivity contribution in [3.63, 3.8) is 0 Å². The van der Waals surface area contributed by atoms with Crippen molar-refractivity contribution < 1.29 is 43.7 Å². The summed E-state index contributed by atoms with van der Waals surface area (Å²) < 4.78 is 10.2. The molecule has 12 heteroatoms. The summed E-state index contributed by atoms with van der Waals surface area (Å²) in [6.45, 7) is 1.75. The molecule has 0 saturated carbocycles. The quantitative estimate of drug-likeness (QED) is 0.183. The Kier molecular flexibility index (Phi) is 13.8. The molecule has 3 amide bonds. The van der Waals surface area contributed by atoms with Crippen molar-refractivity contribution >= 4 is 29.7 Å². The molecule has 0 aromatic carbocycles. The van der Waals surface area contributed by atoms with Crippen molar-refractivity contribution in [2.45, 2.75) is 32.2 Å². The molecule has 0 aromatic rings. The first-order valence-corrected chi connectivity index (χ1v) is 8.69. The highest BCUT2D eigenvalue weighted by molar-refractivity contribution is 5.85. The van der Waals surface area contributed by atoms with Crippen molar-refractivity contribution in [3.8, 4) is 0 Å². The summed E-state index contributed by atoms with van der Waals surface area (Å²) in [5, 5.41) is 24.4. The lowest BCUT2D eigenvalue weighted by Crippen LogP contribution is -2.43. The maximum absolute atomic E-state index is 11.7. The lowest BCUT2D eigenvalue weighted by atomic mass is 10.1. The van der Waals surface area contributed by atoms with Gasteiger partial charge in [-0.05, 0) is 6.42 Å². The van der Waals surface area contributed by atoms with Crippen LogP contribution >= 0.6 is 0 Å². The number of carbonyl (C=O) groups is 5. The van der Waals surface area contributed by atoms with E-state index in [2.05, 4.69) is 16.0 Å². The highest BCUT2D eigenvalue weighted by Gasteiger charge is 2.21. The second kappa shape index (κ2) is 15.3. The molecule has 1 atom stereocenters. The third kappa shape index (κ3) is 14.4. The van der Waals surface area contributed by atoms with Crippen LogP contribution in [0.15, 0.2) is 0 Å². The van der Waals surface area contributed by atoms with Gasteiger partial charge in [-0.15, -0.1) is 0 Å². The van der Waals surface area contributed by atoms with E-state index >= 15 is 0 Å². The van der Waals surface area contributed by atoms with E-state index in [9.17, 15) is 24.0 Å². The summed E-state index contributed by atoms with van der Waals surface area (Å²) in [6.07, 6.45) is -0.0600. The smallest absolute Gasteiger partial charge is 0.326 e. The van der Waals surface area contributed by atoms with Gasteiger partial charge in [0, 0.05) is 19.4 Å². The molecule has 0 saturated heterocycles. The van der Waals surface area contributed by atoms with Gasteiger partial charge in [-0.3, -0.25) is 19.2 Å². The molecule has 0 aromatic heterocycles. The molecule has 12 nitrogen and oxygen atoms in total. The van der Waals surface area contributed by atoms with Crippen LogP contribution < -0.4 is 16.0 Å².